The molecule has 0 bridgehead atoms. The van der Waals surface area contributed by atoms with Crippen LogP contribution >= 0.6 is 23.4 Å². The molecule has 0 atom stereocenters. The molecule has 156 valence electrons. The molecule has 1 aliphatic heterocycles. The molecule has 0 fully saturated rings. The molecule has 2 aromatic heterocycles. The number of aromatic nitrogens is 4. The van der Waals surface area contributed by atoms with Gasteiger partial charge in [0.05, 0.1) is 18.3 Å². The predicted molar refractivity (Wildman–Crippen MR) is 121 cm³/mol. The number of aryl methyl sites for hydroxylation is 1. The van der Waals surface area contributed by atoms with Gasteiger partial charge in [0.1, 0.15) is 18.1 Å². The lowest BCUT2D eigenvalue weighted by Gasteiger charge is -2.15. The van der Waals surface area contributed by atoms with E-state index in [0.29, 0.717) is 22.3 Å². The molecule has 0 saturated heterocycles. The molecular formula is C22H18ClN5O2S. The third-order valence-electron chi connectivity index (χ3n) is 4.88. The van der Waals surface area contributed by atoms with E-state index in [9.17, 15) is 0 Å². The van der Waals surface area contributed by atoms with Crippen LogP contribution in [0.1, 0.15) is 17.1 Å². The molecule has 3 heterocycles. The molecule has 7 nitrogen and oxygen atoms in total. The molecule has 0 radical (unpaired) electrons. The third-order valence-corrected chi connectivity index (χ3v) is 6.06. The van der Waals surface area contributed by atoms with Gasteiger partial charge in [-0.3, -0.25) is 4.98 Å². The average molecular weight is 452 g/mol. The summed E-state index contributed by atoms with van der Waals surface area (Å²) in [5.41, 5.74) is 3.67. The first-order chi connectivity index (χ1) is 15.1. The molecule has 9 heteroatoms. The molecule has 2 aromatic carbocycles. The summed E-state index contributed by atoms with van der Waals surface area (Å²) in [5, 5.41) is 15.6. The summed E-state index contributed by atoms with van der Waals surface area (Å²) in [5.74, 6) is 2.80. The Bertz CT molecular complexity index is 1300. The van der Waals surface area contributed by atoms with Crippen molar-refractivity contribution in [2.24, 2.45) is 5.10 Å². The minimum Gasteiger partial charge on any atom is -0.497 e. The van der Waals surface area contributed by atoms with Gasteiger partial charge in [0.25, 0.3) is 0 Å². The number of thioether (sulfide) groups is 1. The highest BCUT2D eigenvalue weighted by Gasteiger charge is 2.20. The van der Waals surface area contributed by atoms with Gasteiger partial charge in [0, 0.05) is 27.9 Å². The van der Waals surface area contributed by atoms with Gasteiger partial charge in [-0.2, -0.15) is 9.78 Å². The van der Waals surface area contributed by atoms with Gasteiger partial charge in [0.15, 0.2) is 5.82 Å². The maximum absolute atomic E-state index is 6.15. The largest absolute Gasteiger partial charge is 0.497 e. The van der Waals surface area contributed by atoms with E-state index in [2.05, 4.69) is 15.2 Å². The van der Waals surface area contributed by atoms with Crippen molar-refractivity contribution < 1.29 is 9.47 Å². The van der Waals surface area contributed by atoms with E-state index in [1.807, 2.05) is 55.5 Å². The van der Waals surface area contributed by atoms with Gasteiger partial charge in [-0.15, -0.1) is 10.2 Å². The number of nitrogens with zero attached hydrogens (tertiary/aromatic N) is 5. The molecule has 4 aromatic rings. The van der Waals surface area contributed by atoms with Crippen LogP contribution in [0.4, 0.5) is 0 Å². The van der Waals surface area contributed by atoms with E-state index in [1.54, 1.807) is 23.5 Å². The quantitative estimate of drug-likeness (QED) is 0.436. The van der Waals surface area contributed by atoms with Crippen molar-refractivity contribution >= 4 is 40.0 Å². The van der Waals surface area contributed by atoms with Crippen molar-refractivity contribution in [2.45, 2.75) is 18.7 Å². The lowest BCUT2D eigenvalue weighted by Crippen LogP contribution is -2.15. The van der Waals surface area contributed by atoms with Crippen LogP contribution in [0, 0.1) is 6.92 Å². The Morgan fingerprint density at radius 1 is 1.10 bits per heavy atom. The second-order valence-electron chi connectivity index (χ2n) is 6.99. The normalized spacial score (nSPS) is 13.1. The SMILES string of the molecule is COc1ccc2nc(C)cc(OCc3nnc4n3N=C(c3ccc(Cl)cc3)CS4)c2c1. The molecule has 0 unspecified atom stereocenters. The van der Waals surface area contributed by atoms with Crippen molar-refractivity contribution in [3.8, 4) is 11.5 Å². The summed E-state index contributed by atoms with van der Waals surface area (Å²) in [6.07, 6.45) is 0. The van der Waals surface area contributed by atoms with E-state index >= 15 is 0 Å². The maximum atomic E-state index is 6.15. The highest BCUT2D eigenvalue weighted by Crippen LogP contribution is 2.30. The first kappa shape index (κ1) is 19.8. The molecule has 5 rings (SSSR count). The lowest BCUT2D eigenvalue weighted by molar-refractivity contribution is 0.293. The van der Waals surface area contributed by atoms with Crippen molar-refractivity contribution in [3.05, 3.63) is 70.6 Å². The van der Waals surface area contributed by atoms with E-state index < -0.39 is 0 Å². The second-order valence-corrected chi connectivity index (χ2v) is 8.37. The Morgan fingerprint density at radius 3 is 2.74 bits per heavy atom. The van der Waals surface area contributed by atoms with E-state index in [-0.39, 0.29) is 6.61 Å². The highest BCUT2D eigenvalue weighted by molar-refractivity contribution is 7.99. The highest BCUT2D eigenvalue weighted by atomic mass is 35.5. The fraction of sp³-hybridized carbons (Fsp3) is 0.182. The Kier molecular flexibility index (Phi) is 5.25. The van der Waals surface area contributed by atoms with E-state index in [0.717, 1.165) is 38.8 Å². The zero-order valence-electron chi connectivity index (χ0n) is 16.9. The fourth-order valence-corrected chi connectivity index (χ4v) is 4.31. The van der Waals surface area contributed by atoms with Crippen molar-refractivity contribution in [2.75, 3.05) is 12.9 Å². The summed E-state index contributed by atoms with van der Waals surface area (Å²) < 4.78 is 13.3. The summed E-state index contributed by atoms with van der Waals surface area (Å²) in [4.78, 5) is 4.57. The van der Waals surface area contributed by atoms with Crippen molar-refractivity contribution in [1.29, 1.82) is 0 Å². The monoisotopic (exact) mass is 451 g/mol. The van der Waals surface area contributed by atoms with E-state index in [4.69, 9.17) is 26.2 Å². The zero-order chi connectivity index (χ0) is 21.4. The number of hydrogen-bond acceptors (Lipinski definition) is 7. The van der Waals surface area contributed by atoms with Gasteiger partial charge in [-0.1, -0.05) is 35.5 Å². The molecule has 0 N–H and O–H groups in total. The number of hydrogen-bond donors (Lipinski definition) is 0. The summed E-state index contributed by atoms with van der Waals surface area (Å²) in [6.45, 7) is 2.16. The number of fused-ring (bicyclic) bond motifs is 2. The number of benzene rings is 2. The summed E-state index contributed by atoms with van der Waals surface area (Å²) in [6, 6.07) is 15.3. The zero-order valence-corrected chi connectivity index (χ0v) is 18.4. The first-order valence-electron chi connectivity index (χ1n) is 9.60. The number of pyridine rings is 1. The van der Waals surface area contributed by atoms with E-state index in [1.165, 1.54) is 0 Å². The number of methoxy groups -OCH3 is 1. The van der Waals surface area contributed by atoms with Crippen LogP contribution in [0.15, 0.2) is 58.8 Å². The molecule has 31 heavy (non-hydrogen) atoms. The van der Waals surface area contributed by atoms with Crippen LogP contribution in [0.2, 0.25) is 5.02 Å². The Labute approximate surface area is 188 Å². The average Bonchev–Trinajstić information content (AvgIpc) is 3.20. The third kappa shape index (κ3) is 3.96. The molecule has 0 aliphatic carbocycles. The maximum Gasteiger partial charge on any atom is 0.212 e. The standard InChI is InChI=1S/C22H18ClN5O2S/c1-13-9-20(17-10-16(29-2)7-8-18(17)24-13)30-11-21-25-26-22-28(21)27-19(12-31-22)14-3-5-15(23)6-4-14/h3-10H,11-12H2,1-2H3. The minimum absolute atomic E-state index is 0.223. The molecular weight excluding hydrogens is 434 g/mol. The second kappa shape index (κ2) is 8.20. The number of ether oxygens (including phenoxy) is 2. The van der Waals surface area contributed by atoms with Crippen molar-refractivity contribution in [3.63, 3.8) is 0 Å². The topological polar surface area (TPSA) is 74.4 Å². The smallest absolute Gasteiger partial charge is 0.212 e. The molecule has 1 aliphatic rings. The minimum atomic E-state index is 0.223. The van der Waals surface area contributed by atoms with Crippen LogP contribution in [0.3, 0.4) is 0 Å². The molecule has 0 spiro atoms. The number of rotatable bonds is 5. The van der Waals surface area contributed by atoms with Gasteiger partial charge >= 0.3 is 0 Å². The van der Waals surface area contributed by atoms with Crippen LogP contribution in [0.25, 0.3) is 10.9 Å². The summed E-state index contributed by atoms with van der Waals surface area (Å²) in [7, 11) is 1.64. The van der Waals surface area contributed by atoms with Crippen LogP contribution in [-0.2, 0) is 6.61 Å². The Balaban J connectivity index is 1.45. The van der Waals surface area contributed by atoms with Gasteiger partial charge in [0.2, 0.25) is 5.16 Å². The van der Waals surface area contributed by atoms with Gasteiger partial charge < -0.3 is 9.47 Å². The van der Waals surface area contributed by atoms with Gasteiger partial charge in [-0.25, -0.2) is 0 Å². The van der Waals surface area contributed by atoms with Crippen LogP contribution in [0.5, 0.6) is 11.5 Å². The van der Waals surface area contributed by atoms with Crippen LogP contribution < -0.4 is 9.47 Å². The summed E-state index contributed by atoms with van der Waals surface area (Å²) >= 11 is 7.60. The predicted octanol–water partition coefficient (Wildman–Crippen LogP) is 4.73. The lowest BCUT2D eigenvalue weighted by atomic mass is 10.1. The van der Waals surface area contributed by atoms with Crippen molar-refractivity contribution in [1.82, 2.24) is 19.9 Å². The Morgan fingerprint density at radius 2 is 1.94 bits per heavy atom. The fourth-order valence-electron chi connectivity index (χ4n) is 3.33. The molecule has 0 amide bonds. The van der Waals surface area contributed by atoms with Gasteiger partial charge in [-0.05, 0) is 42.8 Å². The number of halogens is 1. The molecule has 0 saturated carbocycles. The first-order valence-corrected chi connectivity index (χ1v) is 11.0. The Hall–Kier alpha value is -3.10. The van der Waals surface area contributed by atoms with Crippen LogP contribution in [-0.4, -0.2) is 38.4 Å².